The maximum Gasteiger partial charge on any atom is 0.0388 e. The van der Waals surface area contributed by atoms with Crippen molar-refractivity contribution in [3.63, 3.8) is 0 Å². The minimum atomic E-state index is 0.418. The van der Waals surface area contributed by atoms with Crippen molar-refractivity contribution >= 4 is 11.3 Å². The molecule has 0 amide bonds. The summed E-state index contributed by atoms with van der Waals surface area (Å²) in [6.07, 6.45) is 6.69. The van der Waals surface area contributed by atoms with E-state index in [-0.39, 0.29) is 0 Å². The maximum atomic E-state index is 3.94. The van der Waals surface area contributed by atoms with Gasteiger partial charge in [0.05, 0.1) is 0 Å². The van der Waals surface area contributed by atoms with E-state index in [0.717, 1.165) is 12.3 Å². The van der Waals surface area contributed by atoms with Gasteiger partial charge in [0.2, 0.25) is 0 Å². The van der Waals surface area contributed by atoms with Crippen molar-refractivity contribution in [3.05, 3.63) is 21.9 Å². The summed E-state index contributed by atoms with van der Waals surface area (Å²) in [7, 11) is 0. The fraction of sp³-hybridized carbons (Fsp3) is 0.778. The fourth-order valence-electron chi connectivity index (χ4n) is 3.59. The number of hydrogen-bond acceptors (Lipinski definition) is 2. The number of nitrogens with one attached hydrogen (secondary N) is 1. The zero-order valence-corrected chi connectivity index (χ0v) is 14.6. The molecule has 0 spiro atoms. The molecule has 1 aromatic heterocycles. The SMILES string of the molecule is CCc1ccc(C(C)NC2CCCCC2C(C)(C)C)s1. The molecular weight excluding hydrogens is 262 g/mol. The van der Waals surface area contributed by atoms with Crippen LogP contribution < -0.4 is 5.32 Å². The van der Waals surface area contributed by atoms with E-state index in [1.54, 1.807) is 0 Å². The monoisotopic (exact) mass is 293 g/mol. The van der Waals surface area contributed by atoms with E-state index in [1.807, 2.05) is 11.3 Å². The Kier molecular flexibility index (Phi) is 5.30. The van der Waals surface area contributed by atoms with E-state index >= 15 is 0 Å². The second-order valence-electron chi connectivity index (χ2n) is 7.41. The van der Waals surface area contributed by atoms with E-state index in [2.05, 4.69) is 52.1 Å². The Bertz CT molecular complexity index is 415. The second-order valence-corrected chi connectivity index (χ2v) is 8.61. The van der Waals surface area contributed by atoms with Gasteiger partial charge in [-0.2, -0.15) is 0 Å². The van der Waals surface area contributed by atoms with Crippen LogP contribution in [-0.2, 0) is 6.42 Å². The predicted molar refractivity (Wildman–Crippen MR) is 90.4 cm³/mol. The molecule has 0 aliphatic heterocycles. The van der Waals surface area contributed by atoms with E-state index in [9.17, 15) is 0 Å². The molecule has 1 aliphatic carbocycles. The Hall–Kier alpha value is -0.340. The Morgan fingerprint density at radius 2 is 1.95 bits per heavy atom. The van der Waals surface area contributed by atoms with Crippen molar-refractivity contribution in [3.8, 4) is 0 Å². The molecule has 20 heavy (non-hydrogen) atoms. The molecule has 1 aliphatic rings. The first-order chi connectivity index (χ1) is 9.41. The van der Waals surface area contributed by atoms with Crippen LogP contribution in [0.2, 0.25) is 0 Å². The largest absolute Gasteiger partial charge is 0.306 e. The molecule has 1 N–H and O–H groups in total. The molecule has 1 aromatic rings. The summed E-state index contributed by atoms with van der Waals surface area (Å²) in [4.78, 5) is 3.00. The number of aryl methyl sites for hydroxylation is 1. The summed E-state index contributed by atoms with van der Waals surface area (Å²) in [5.41, 5.74) is 0.418. The van der Waals surface area contributed by atoms with Gasteiger partial charge in [0, 0.05) is 21.8 Å². The van der Waals surface area contributed by atoms with E-state index < -0.39 is 0 Å². The minimum absolute atomic E-state index is 0.418. The highest BCUT2D eigenvalue weighted by molar-refractivity contribution is 7.12. The van der Waals surface area contributed by atoms with Gasteiger partial charge in [0.1, 0.15) is 0 Å². The van der Waals surface area contributed by atoms with Gasteiger partial charge in [0.15, 0.2) is 0 Å². The lowest BCUT2D eigenvalue weighted by atomic mass is 9.69. The fourth-order valence-corrected chi connectivity index (χ4v) is 4.55. The van der Waals surface area contributed by atoms with Crippen molar-refractivity contribution in [1.82, 2.24) is 5.32 Å². The number of rotatable bonds is 4. The van der Waals surface area contributed by atoms with Crippen molar-refractivity contribution < 1.29 is 0 Å². The zero-order valence-electron chi connectivity index (χ0n) is 13.8. The van der Waals surface area contributed by atoms with Gasteiger partial charge in [-0.3, -0.25) is 0 Å². The summed E-state index contributed by atoms with van der Waals surface area (Å²) in [5, 5.41) is 3.94. The molecule has 1 heterocycles. The summed E-state index contributed by atoms with van der Waals surface area (Å²) < 4.78 is 0. The summed E-state index contributed by atoms with van der Waals surface area (Å²) in [5.74, 6) is 0.810. The molecule has 1 saturated carbocycles. The molecular formula is C18H31NS. The normalized spacial score (nSPS) is 25.6. The highest BCUT2D eigenvalue weighted by Crippen LogP contribution is 2.39. The van der Waals surface area contributed by atoms with Gasteiger partial charge in [-0.1, -0.05) is 40.5 Å². The Balaban J connectivity index is 2.02. The van der Waals surface area contributed by atoms with Crippen LogP contribution in [0.3, 0.4) is 0 Å². The quantitative estimate of drug-likeness (QED) is 0.765. The maximum absolute atomic E-state index is 3.94. The molecule has 0 saturated heterocycles. The number of hydrogen-bond donors (Lipinski definition) is 1. The summed E-state index contributed by atoms with van der Waals surface area (Å²) >= 11 is 1.98. The average molecular weight is 294 g/mol. The smallest absolute Gasteiger partial charge is 0.0388 e. The predicted octanol–water partition coefficient (Wildman–Crippen LogP) is 5.57. The van der Waals surface area contributed by atoms with Crippen LogP contribution in [0, 0.1) is 11.3 Å². The molecule has 114 valence electrons. The van der Waals surface area contributed by atoms with Crippen molar-refractivity contribution in [2.75, 3.05) is 0 Å². The molecule has 2 heteroatoms. The summed E-state index contributed by atoms with van der Waals surface area (Å²) in [6, 6.07) is 5.79. The molecule has 2 rings (SSSR count). The summed E-state index contributed by atoms with van der Waals surface area (Å²) in [6.45, 7) is 11.8. The van der Waals surface area contributed by atoms with Gasteiger partial charge in [0.25, 0.3) is 0 Å². The molecule has 0 aromatic carbocycles. The van der Waals surface area contributed by atoms with E-state index in [0.29, 0.717) is 17.5 Å². The third-order valence-electron chi connectivity index (χ3n) is 4.80. The van der Waals surface area contributed by atoms with Gasteiger partial charge in [-0.25, -0.2) is 0 Å². The lowest BCUT2D eigenvalue weighted by Crippen LogP contribution is -2.45. The van der Waals surface area contributed by atoms with Gasteiger partial charge < -0.3 is 5.32 Å². The molecule has 3 atom stereocenters. The van der Waals surface area contributed by atoms with Crippen LogP contribution in [0.4, 0.5) is 0 Å². The first-order valence-electron chi connectivity index (χ1n) is 8.26. The zero-order chi connectivity index (χ0) is 14.8. The molecule has 0 bridgehead atoms. The van der Waals surface area contributed by atoms with Crippen LogP contribution in [0.5, 0.6) is 0 Å². The second kappa shape index (κ2) is 6.62. The Labute approximate surface area is 129 Å². The standard InChI is InChI=1S/C18H31NS/c1-6-14-11-12-17(20-14)13(2)19-16-10-8-7-9-15(16)18(3,4)5/h11-13,15-16,19H,6-10H2,1-5H3. The van der Waals surface area contributed by atoms with Crippen LogP contribution >= 0.6 is 11.3 Å². The first-order valence-corrected chi connectivity index (χ1v) is 9.08. The molecule has 1 fully saturated rings. The molecule has 3 unspecified atom stereocenters. The number of thiophene rings is 1. The first kappa shape index (κ1) is 16.0. The Morgan fingerprint density at radius 3 is 2.55 bits per heavy atom. The van der Waals surface area contributed by atoms with E-state index in [4.69, 9.17) is 0 Å². The van der Waals surface area contributed by atoms with Crippen LogP contribution in [0.15, 0.2) is 12.1 Å². The van der Waals surface area contributed by atoms with Crippen molar-refractivity contribution in [2.45, 2.75) is 78.8 Å². The lowest BCUT2D eigenvalue weighted by molar-refractivity contribution is 0.125. The van der Waals surface area contributed by atoms with Gasteiger partial charge in [-0.15, -0.1) is 11.3 Å². The van der Waals surface area contributed by atoms with Crippen molar-refractivity contribution in [1.29, 1.82) is 0 Å². The van der Waals surface area contributed by atoms with Crippen LogP contribution in [0.25, 0.3) is 0 Å². The van der Waals surface area contributed by atoms with Crippen LogP contribution in [-0.4, -0.2) is 6.04 Å². The van der Waals surface area contributed by atoms with Crippen LogP contribution in [0.1, 0.15) is 76.1 Å². The minimum Gasteiger partial charge on any atom is -0.306 e. The molecule has 1 nitrogen and oxygen atoms in total. The average Bonchev–Trinajstić information content (AvgIpc) is 2.87. The topological polar surface area (TPSA) is 12.0 Å². The highest BCUT2D eigenvalue weighted by atomic mass is 32.1. The lowest BCUT2D eigenvalue weighted by Gasteiger charge is -2.42. The third kappa shape index (κ3) is 3.85. The third-order valence-corrected chi connectivity index (χ3v) is 6.21. The van der Waals surface area contributed by atoms with E-state index in [1.165, 1.54) is 35.4 Å². The van der Waals surface area contributed by atoms with Crippen molar-refractivity contribution in [2.24, 2.45) is 11.3 Å². The Morgan fingerprint density at radius 1 is 1.25 bits per heavy atom. The van der Waals surface area contributed by atoms with Gasteiger partial charge in [-0.05, 0) is 49.7 Å². The molecule has 0 radical (unpaired) electrons. The van der Waals surface area contributed by atoms with Gasteiger partial charge >= 0.3 is 0 Å². The highest BCUT2D eigenvalue weighted by Gasteiger charge is 2.34.